The van der Waals surface area contributed by atoms with Crippen molar-refractivity contribution in [1.82, 2.24) is 30.0 Å². The Hall–Kier alpha value is -4.24. The van der Waals surface area contributed by atoms with Crippen LogP contribution in [0.4, 0.5) is 11.4 Å². The number of unbranched alkanes of at least 4 members (excludes halogenated alkanes) is 1. The minimum atomic E-state index is 0.0131. The van der Waals surface area contributed by atoms with Crippen molar-refractivity contribution in [3.63, 3.8) is 0 Å². The number of likely N-dealkylation sites (N-methyl/N-ethyl adjacent to an activating group) is 1. The van der Waals surface area contributed by atoms with Crippen molar-refractivity contribution in [3.8, 4) is 22.6 Å². The summed E-state index contributed by atoms with van der Waals surface area (Å²) >= 11 is 0. The molecule has 1 aliphatic rings. The van der Waals surface area contributed by atoms with Gasteiger partial charge in [-0.25, -0.2) is 4.98 Å². The molecule has 0 saturated carbocycles. The maximum Gasteiger partial charge on any atom is 0.224 e. The van der Waals surface area contributed by atoms with Gasteiger partial charge in [0, 0.05) is 49.7 Å². The van der Waals surface area contributed by atoms with Gasteiger partial charge in [0.1, 0.15) is 11.2 Å². The second-order valence-electron chi connectivity index (χ2n) is 10.00. The number of imidazole rings is 1. The predicted molar refractivity (Wildman–Crippen MR) is 152 cm³/mol. The van der Waals surface area contributed by atoms with Crippen molar-refractivity contribution in [3.05, 3.63) is 54.9 Å². The number of aromatic amines is 2. The Labute approximate surface area is 221 Å². The highest BCUT2D eigenvalue weighted by atomic mass is 16.1. The summed E-state index contributed by atoms with van der Waals surface area (Å²) < 4.78 is 0. The van der Waals surface area contributed by atoms with Crippen molar-refractivity contribution >= 4 is 39.2 Å². The van der Waals surface area contributed by atoms with Crippen LogP contribution in [0.2, 0.25) is 0 Å². The number of hydrogen-bond donors (Lipinski definition) is 3. The van der Waals surface area contributed by atoms with E-state index in [1.165, 1.54) is 0 Å². The van der Waals surface area contributed by atoms with Gasteiger partial charge in [-0.3, -0.25) is 14.9 Å². The van der Waals surface area contributed by atoms with Crippen LogP contribution < -0.4 is 10.2 Å². The Kier molecular flexibility index (Phi) is 6.51. The number of carbonyl (C=O) groups is 1. The molecule has 1 aliphatic heterocycles. The van der Waals surface area contributed by atoms with Crippen LogP contribution in [0.15, 0.2) is 54.9 Å². The maximum absolute atomic E-state index is 12.2. The number of anilines is 2. The molecule has 194 valence electrons. The molecular formula is C29H32N8O. The van der Waals surface area contributed by atoms with Gasteiger partial charge in [0.15, 0.2) is 5.82 Å². The van der Waals surface area contributed by atoms with Crippen LogP contribution in [-0.2, 0) is 4.79 Å². The van der Waals surface area contributed by atoms with E-state index in [0.29, 0.717) is 12.1 Å². The molecule has 6 rings (SSSR count). The van der Waals surface area contributed by atoms with E-state index in [4.69, 9.17) is 4.98 Å². The summed E-state index contributed by atoms with van der Waals surface area (Å²) in [4.78, 5) is 29.9. The molecule has 0 bridgehead atoms. The second-order valence-corrected chi connectivity index (χ2v) is 10.00. The Morgan fingerprint density at radius 1 is 1.03 bits per heavy atom. The first-order valence-corrected chi connectivity index (χ1v) is 13.2. The lowest BCUT2D eigenvalue weighted by Gasteiger charge is -2.34. The van der Waals surface area contributed by atoms with Gasteiger partial charge >= 0.3 is 0 Å². The highest BCUT2D eigenvalue weighted by Crippen LogP contribution is 2.33. The number of para-hydroxylation sites is 1. The van der Waals surface area contributed by atoms with Gasteiger partial charge in [-0.1, -0.05) is 25.5 Å². The van der Waals surface area contributed by atoms with Gasteiger partial charge in [-0.2, -0.15) is 5.10 Å². The number of rotatable bonds is 7. The third-order valence-corrected chi connectivity index (χ3v) is 7.24. The number of carbonyl (C=O) groups excluding carboxylic acids is 1. The van der Waals surface area contributed by atoms with Crippen molar-refractivity contribution in [2.24, 2.45) is 0 Å². The molecule has 0 unspecified atom stereocenters. The summed E-state index contributed by atoms with van der Waals surface area (Å²) in [6.45, 7) is 6.13. The molecule has 38 heavy (non-hydrogen) atoms. The summed E-state index contributed by atoms with van der Waals surface area (Å²) in [6.07, 6.45) is 5.87. The summed E-state index contributed by atoms with van der Waals surface area (Å²) in [6, 6.07) is 14.4. The van der Waals surface area contributed by atoms with Gasteiger partial charge in [0.2, 0.25) is 5.91 Å². The Morgan fingerprint density at radius 3 is 2.74 bits per heavy atom. The molecule has 5 aromatic rings. The maximum atomic E-state index is 12.2. The lowest BCUT2D eigenvalue weighted by Crippen LogP contribution is -2.44. The standard InChI is InChI=1S/C29H32N8O/c1-3-4-8-26(38)31-21-15-20(17-30-18-21)19-9-10-23-22(16-19)27(35-34-23)29-32-24-6-5-7-25(28(24)33-29)37-13-11-36(2)12-14-37/h5-7,9-10,15-18H,3-4,8,11-14H2,1-2H3,(H,31,38)(H,32,33)(H,34,35). The van der Waals surface area contributed by atoms with Crippen molar-refractivity contribution in [2.45, 2.75) is 26.2 Å². The molecule has 3 aromatic heterocycles. The Balaban J connectivity index is 1.33. The first-order valence-electron chi connectivity index (χ1n) is 13.2. The first kappa shape index (κ1) is 24.1. The monoisotopic (exact) mass is 508 g/mol. The second kappa shape index (κ2) is 10.3. The average Bonchev–Trinajstić information content (AvgIpc) is 3.56. The van der Waals surface area contributed by atoms with E-state index in [9.17, 15) is 4.79 Å². The van der Waals surface area contributed by atoms with Gasteiger partial charge in [0.05, 0.1) is 28.6 Å². The highest BCUT2D eigenvalue weighted by Gasteiger charge is 2.20. The lowest BCUT2D eigenvalue weighted by atomic mass is 10.0. The molecule has 1 saturated heterocycles. The fraction of sp³-hybridized carbons (Fsp3) is 0.310. The zero-order valence-corrected chi connectivity index (χ0v) is 21.8. The molecular weight excluding hydrogens is 476 g/mol. The minimum absolute atomic E-state index is 0.0131. The number of hydrogen-bond acceptors (Lipinski definition) is 6. The normalized spacial score (nSPS) is 14.4. The summed E-state index contributed by atoms with van der Waals surface area (Å²) in [7, 11) is 2.16. The number of piperazine rings is 1. The summed E-state index contributed by atoms with van der Waals surface area (Å²) in [5.41, 5.74) is 7.45. The molecule has 9 nitrogen and oxygen atoms in total. The van der Waals surface area contributed by atoms with Crippen molar-refractivity contribution in [2.75, 3.05) is 43.4 Å². The number of aromatic nitrogens is 5. The van der Waals surface area contributed by atoms with Crippen LogP contribution >= 0.6 is 0 Å². The molecule has 0 atom stereocenters. The molecule has 0 aliphatic carbocycles. The Morgan fingerprint density at radius 2 is 1.89 bits per heavy atom. The predicted octanol–water partition coefficient (Wildman–Crippen LogP) is 5.05. The quantitative estimate of drug-likeness (QED) is 0.284. The van der Waals surface area contributed by atoms with E-state index in [0.717, 1.165) is 89.3 Å². The molecule has 2 aromatic carbocycles. The minimum Gasteiger partial charge on any atom is -0.367 e. The molecule has 4 heterocycles. The number of fused-ring (bicyclic) bond motifs is 2. The topological polar surface area (TPSA) is 106 Å². The van der Waals surface area contributed by atoms with Crippen molar-refractivity contribution < 1.29 is 4.79 Å². The highest BCUT2D eigenvalue weighted by molar-refractivity contribution is 5.98. The number of pyridine rings is 1. The van der Waals surface area contributed by atoms with Crippen LogP contribution in [0.5, 0.6) is 0 Å². The first-order chi connectivity index (χ1) is 18.6. The molecule has 0 spiro atoms. The smallest absolute Gasteiger partial charge is 0.224 e. The van der Waals surface area contributed by atoms with Crippen LogP contribution in [0.3, 0.4) is 0 Å². The van der Waals surface area contributed by atoms with Gasteiger partial charge in [-0.05, 0) is 49.4 Å². The van der Waals surface area contributed by atoms with E-state index in [2.05, 4.69) is 73.5 Å². The molecule has 1 fully saturated rings. The molecule has 9 heteroatoms. The van der Waals surface area contributed by atoms with Crippen LogP contribution in [0.1, 0.15) is 26.2 Å². The van der Waals surface area contributed by atoms with E-state index in [1.54, 1.807) is 6.20 Å². The number of H-pyrrole nitrogens is 2. The van der Waals surface area contributed by atoms with Gasteiger partial charge in [0.25, 0.3) is 0 Å². The zero-order valence-electron chi connectivity index (χ0n) is 21.8. The van der Waals surface area contributed by atoms with Crippen LogP contribution in [-0.4, -0.2) is 69.2 Å². The zero-order chi connectivity index (χ0) is 26.1. The summed E-state index contributed by atoms with van der Waals surface area (Å²) in [5.74, 6) is 0.749. The molecule has 0 radical (unpaired) electrons. The van der Waals surface area contributed by atoms with Crippen LogP contribution in [0, 0.1) is 0 Å². The number of benzene rings is 2. The third-order valence-electron chi connectivity index (χ3n) is 7.24. The number of amides is 1. The fourth-order valence-corrected chi connectivity index (χ4v) is 5.03. The van der Waals surface area contributed by atoms with Gasteiger partial charge in [-0.15, -0.1) is 0 Å². The van der Waals surface area contributed by atoms with E-state index >= 15 is 0 Å². The van der Waals surface area contributed by atoms with E-state index in [1.807, 2.05) is 24.4 Å². The van der Waals surface area contributed by atoms with E-state index in [-0.39, 0.29) is 5.91 Å². The van der Waals surface area contributed by atoms with Crippen LogP contribution in [0.25, 0.3) is 44.6 Å². The largest absolute Gasteiger partial charge is 0.367 e. The van der Waals surface area contributed by atoms with Crippen molar-refractivity contribution in [1.29, 1.82) is 0 Å². The molecule has 1 amide bonds. The average molecular weight is 509 g/mol. The molecule has 3 N–H and O–H groups in total. The number of nitrogens with zero attached hydrogens (tertiary/aromatic N) is 5. The SMILES string of the molecule is CCCCC(=O)Nc1cncc(-c2ccc3[nH]nc(-c4nc5c(N6CCN(C)CC6)cccc5[nH]4)c3c2)c1. The summed E-state index contributed by atoms with van der Waals surface area (Å²) in [5, 5.41) is 11.7. The lowest BCUT2D eigenvalue weighted by molar-refractivity contribution is -0.116. The van der Waals surface area contributed by atoms with E-state index < -0.39 is 0 Å². The fourth-order valence-electron chi connectivity index (χ4n) is 5.03. The van der Waals surface area contributed by atoms with Gasteiger partial charge < -0.3 is 20.1 Å². The third kappa shape index (κ3) is 4.72. The Bertz CT molecular complexity index is 1600. The number of nitrogens with one attached hydrogen (secondary N) is 3.